The monoisotopic (exact) mass is 514 g/mol. The van der Waals surface area contributed by atoms with Crippen LogP contribution in [0.15, 0.2) is 16.6 Å². The number of allylic oxidation sites excluding steroid dienone is 1. The Morgan fingerprint density at radius 3 is 2.49 bits per heavy atom. The molecule has 0 saturated heterocycles. The normalized spacial score (nSPS) is 45.5. The van der Waals surface area contributed by atoms with Crippen molar-refractivity contribution in [2.45, 2.75) is 112 Å². The largest absolute Gasteiger partial charge is 0.480 e. The first-order valence-electron chi connectivity index (χ1n) is 15.0. The van der Waals surface area contributed by atoms with Gasteiger partial charge in [-0.05, 0) is 82.7 Å². The number of ether oxygens (including phenoxy) is 1. The van der Waals surface area contributed by atoms with Gasteiger partial charge in [-0.3, -0.25) is 9.79 Å². The summed E-state index contributed by atoms with van der Waals surface area (Å²) in [4.78, 5) is 20.9. The molecule has 5 nitrogen and oxygen atoms in total. The highest BCUT2D eigenvalue weighted by atomic mass is 16.5. The molecule has 0 aromatic heterocycles. The SMILES string of the molecule is CC[C@H](C)C1=N[C@H]2CC=C(C)[C@@H](CC[C@@H]3[C@@H](C)C(=O)C[C@]4(C)[C@@H]([C@H](C)N(C)C)[C@H](O)C[C@@]34C)[C@]2(C)CO1. The van der Waals surface area contributed by atoms with E-state index in [0.717, 1.165) is 44.6 Å². The van der Waals surface area contributed by atoms with Crippen molar-refractivity contribution in [2.24, 2.45) is 50.8 Å². The molecular weight excluding hydrogens is 460 g/mol. The van der Waals surface area contributed by atoms with Crippen LogP contribution in [0.5, 0.6) is 0 Å². The van der Waals surface area contributed by atoms with Gasteiger partial charge in [0, 0.05) is 35.6 Å². The first-order valence-corrected chi connectivity index (χ1v) is 15.0. The van der Waals surface area contributed by atoms with Crippen LogP contribution in [-0.4, -0.2) is 60.6 Å². The Morgan fingerprint density at radius 1 is 1.19 bits per heavy atom. The molecule has 0 spiro atoms. The van der Waals surface area contributed by atoms with E-state index in [9.17, 15) is 9.90 Å². The topological polar surface area (TPSA) is 62.1 Å². The summed E-state index contributed by atoms with van der Waals surface area (Å²) in [5, 5.41) is 11.4. The number of aliphatic hydroxyl groups is 1. The van der Waals surface area contributed by atoms with Crippen LogP contribution in [0.3, 0.4) is 0 Å². The maximum Gasteiger partial charge on any atom is 0.186 e. The Hall–Kier alpha value is -1.20. The molecule has 0 aromatic carbocycles. The summed E-state index contributed by atoms with van der Waals surface area (Å²) < 4.78 is 6.32. The number of hydrogen-bond donors (Lipinski definition) is 1. The highest BCUT2D eigenvalue weighted by Gasteiger charge is 2.66. The van der Waals surface area contributed by atoms with Gasteiger partial charge in [-0.1, -0.05) is 53.2 Å². The van der Waals surface area contributed by atoms with Crippen molar-refractivity contribution in [1.82, 2.24) is 4.90 Å². The lowest BCUT2D eigenvalue weighted by molar-refractivity contribution is -0.146. The second-order valence-corrected chi connectivity index (χ2v) is 14.3. The zero-order valence-electron chi connectivity index (χ0n) is 25.3. The minimum Gasteiger partial charge on any atom is -0.480 e. The summed E-state index contributed by atoms with van der Waals surface area (Å²) in [6, 6.07) is 0.493. The van der Waals surface area contributed by atoms with E-state index in [1.807, 2.05) is 0 Å². The number of nitrogens with zero attached hydrogens (tertiary/aromatic N) is 2. The van der Waals surface area contributed by atoms with Gasteiger partial charge < -0.3 is 14.7 Å². The fraction of sp³-hybridized carbons (Fsp3) is 0.875. The standard InChI is InChI=1S/C32H54N2O3/c1-11-19(2)29-33-27-15-12-20(3)23(30(27,6)18-37-29)13-14-24-21(4)25(35)16-32(8)28(22(5)34(9)10)26(36)17-31(24,32)7/h12,19,21-24,26-28,36H,11,13-18H2,1-10H3/t19-,21+,22-,23+,24+,26+,27-,28-,30-,31-,32+/m0/s1. The molecule has 4 aliphatic rings. The maximum absolute atomic E-state index is 13.5. The summed E-state index contributed by atoms with van der Waals surface area (Å²) in [5.74, 6) is 2.50. The molecule has 0 unspecified atom stereocenters. The van der Waals surface area contributed by atoms with Gasteiger partial charge in [-0.15, -0.1) is 0 Å². The first-order chi connectivity index (χ1) is 17.2. The molecule has 0 bridgehead atoms. The number of Topliss-reactive ketones (excluding diaryl/α,β-unsaturated/α-hetero) is 1. The van der Waals surface area contributed by atoms with Crippen LogP contribution in [0.25, 0.3) is 0 Å². The summed E-state index contributed by atoms with van der Waals surface area (Å²) >= 11 is 0. The van der Waals surface area contributed by atoms with Crippen LogP contribution in [-0.2, 0) is 9.53 Å². The van der Waals surface area contributed by atoms with Crippen LogP contribution >= 0.6 is 0 Å². The van der Waals surface area contributed by atoms with Crippen LogP contribution in [0.1, 0.15) is 93.9 Å². The van der Waals surface area contributed by atoms with Crippen molar-refractivity contribution >= 4 is 11.7 Å². The highest BCUT2D eigenvalue weighted by Crippen LogP contribution is 2.67. The Morgan fingerprint density at radius 2 is 1.86 bits per heavy atom. The van der Waals surface area contributed by atoms with E-state index in [4.69, 9.17) is 9.73 Å². The zero-order valence-corrected chi connectivity index (χ0v) is 25.3. The van der Waals surface area contributed by atoms with Crippen LogP contribution in [0.2, 0.25) is 0 Å². The molecule has 1 aliphatic heterocycles. The maximum atomic E-state index is 13.5. The molecule has 1 heterocycles. The lowest BCUT2D eigenvalue weighted by Gasteiger charge is -2.56. The van der Waals surface area contributed by atoms with E-state index < -0.39 is 0 Å². The molecular formula is C32H54N2O3. The smallest absolute Gasteiger partial charge is 0.186 e. The average molecular weight is 515 g/mol. The third kappa shape index (κ3) is 4.44. The number of aliphatic hydroxyl groups excluding tert-OH is 1. The number of hydrogen-bond acceptors (Lipinski definition) is 5. The van der Waals surface area contributed by atoms with Crippen molar-refractivity contribution in [3.63, 3.8) is 0 Å². The van der Waals surface area contributed by atoms with Gasteiger partial charge in [0.1, 0.15) is 5.78 Å². The zero-order chi connectivity index (χ0) is 27.5. The van der Waals surface area contributed by atoms with E-state index in [1.54, 1.807) is 0 Å². The van der Waals surface area contributed by atoms with Crippen molar-refractivity contribution in [3.8, 4) is 0 Å². The number of aliphatic imine (C=N–C) groups is 1. The van der Waals surface area contributed by atoms with Crippen LogP contribution in [0, 0.1) is 45.8 Å². The molecule has 0 amide bonds. The Bertz CT molecular complexity index is 942. The third-order valence-corrected chi connectivity index (χ3v) is 12.3. The number of fused-ring (bicyclic) bond motifs is 2. The molecule has 11 atom stereocenters. The number of carbonyl (C=O) groups is 1. The number of rotatable bonds is 7. The van der Waals surface area contributed by atoms with E-state index in [-0.39, 0.29) is 52.2 Å². The Kier molecular flexibility index (Phi) is 7.85. The number of ketones is 1. The second kappa shape index (κ2) is 10.1. The molecule has 3 aliphatic carbocycles. The highest BCUT2D eigenvalue weighted by molar-refractivity contribution is 5.83. The van der Waals surface area contributed by atoms with Crippen LogP contribution < -0.4 is 0 Å². The van der Waals surface area contributed by atoms with Crippen molar-refractivity contribution < 1.29 is 14.6 Å². The van der Waals surface area contributed by atoms with E-state index in [2.05, 4.69) is 80.5 Å². The van der Waals surface area contributed by atoms with Gasteiger partial charge in [0.15, 0.2) is 5.90 Å². The fourth-order valence-corrected chi connectivity index (χ4v) is 9.16. The second-order valence-electron chi connectivity index (χ2n) is 14.3. The van der Waals surface area contributed by atoms with E-state index >= 15 is 0 Å². The predicted octanol–water partition coefficient (Wildman–Crippen LogP) is 6.15. The van der Waals surface area contributed by atoms with Gasteiger partial charge in [0.2, 0.25) is 0 Å². The quantitative estimate of drug-likeness (QED) is 0.414. The van der Waals surface area contributed by atoms with Crippen molar-refractivity contribution in [1.29, 1.82) is 0 Å². The summed E-state index contributed by atoms with van der Waals surface area (Å²) in [7, 11) is 4.19. The lowest BCUT2D eigenvalue weighted by Crippen LogP contribution is -2.55. The molecule has 0 aromatic rings. The molecule has 1 N–H and O–H groups in total. The minimum absolute atomic E-state index is 0.0148. The molecule has 0 radical (unpaired) electrons. The molecule has 4 rings (SSSR count). The molecule has 37 heavy (non-hydrogen) atoms. The van der Waals surface area contributed by atoms with Gasteiger partial charge >= 0.3 is 0 Å². The lowest BCUT2D eigenvalue weighted by atomic mass is 9.48. The van der Waals surface area contributed by atoms with Gasteiger partial charge in [0.05, 0.1) is 18.8 Å². The summed E-state index contributed by atoms with van der Waals surface area (Å²) in [5.41, 5.74) is 1.18. The summed E-state index contributed by atoms with van der Waals surface area (Å²) in [6.07, 6.45) is 7.52. The van der Waals surface area contributed by atoms with Crippen molar-refractivity contribution in [2.75, 3.05) is 20.7 Å². The number of carbonyl (C=O) groups excluding carboxylic acids is 1. The van der Waals surface area contributed by atoms with Crippen molar-refractivity contribution in [3.05, 3.63) is 11.6 Å². The molecule has 210 valence electrons. The Labute approximate surface area is 226 Å². The molecule has 2 fully saturated rings. The summed E-state index contributed by atoms with van der Waals surface area (Å²) in [6.45, 7) is 18.9. The minimum atomic E-state index is -0.369. The van der Waals surface area contributed by atoms with E-state index in [0.29, 0.717) is 24.0 Å². The average Bonchev–Trinajstić information content (AvgIpc) is 3.03. The van der Waals surface area contributed by atoms with Gasteiger partial charge in [0.25, 0.3) is 0 Å². The fourth-order valence-electron chi connectivity index (χ4n) is 9.16. The van der Waals surface area contributed by atoms with Gasteiger partial charge in [-0.2, -0.15) is 0 Å². The van der Waals surface area contributed by atoms with Gasteiger partial charge in [-0.25, -0.2) is 0 Å². The van der Waals surface area contributed by atoms with E-state index in [1.165, 1.54) is 5.57 Å². The molecule has 2 saturated carbocycles. The van der Waals surface area contributed by atoms with Crippen LogP contribution in [0.4, 0.5) is 0 Å². The third-order valence-electron chi connectivity index (χ3n) is 12.3. The molecule has 5 heteroatoms. The Balaban J connectivity index is 1.61. The predicted molar refractivity (Wildman–Crippen MR) is 152 cm³/mol. The first kappa shape index (κ1) is 28.8.